The predicted molar refractivity (Wildman–Crippen MR) is 155 cm³/mol. The van der Waals surface area contributed by atoms with E-state index in [9.17, 15) is 9.59 Å². The maximum Gasteiger partial charge on any atom is 0.267 e. The average molecular weight is 526 g/mol. The lowest BCUT2D eigenvalue weighted by Gasteiger charge is -2.12. The second-order valence-electron chi connectivity index (χ2n) is 9.79. The van der Waals surface area contributed by atoms with Gasteiger partial charge in [0.05, 0.1) is 13.7 Å². The van der Waals surface area contributed by atoms with Gasteiger partial charge < -0.3 is 25.1 Å². The molecule has 0 radical (unpaired) electrons. The number of aryl methyl sites for hydroxylation is 1. The number of rotatable bonds is 11. The van der Waals surface area contributed by atoms with Crippen LogP contribution in [0.4, 0.5) is 0 Å². The Bertz CT molecular complexity index is 1450. The zero-order valence-electron chi connectivity index (χ0n) is 22.8. The fourth-order valence-corrected chi connectivity index (χ4v) is 4.24. The minimum absolute atomic E-state index is 0.154. The minimum Gasteiger partial charge on any atom is -0.497 e. The van der Waals surface area contributed by atoms with E-state index in [1.807, 2.05) is 37.3 Å². The molecule has 0 aliphatic carbocycles. The quantitative estimate of drug-likeness (QED) is 0.221. The van der Waals surface area contributed by atoms with Gasteiger partial charge in [0.15, 0.2) is 0 Å². The maximum absolute atomic E-state index is 13.3. The van der Waals surface area contributed by atoms with Crippen molar-refractivity contribution >= 4 is 28.8 Å². The Kier molecular flexibility index (Phi) is 9.05. The molecule has 3 aromatic carbocycles. The number of hydrogen-bond acceptors (Lipinski definition) is 4. The number of carbonyl (C=O) groups is 2. The Labute approximate surface area is 229 Å². The van der Waals surface area contributed by atoms with E-state index >= 15 is 0 Å². The Morgan fingerprint density at radius 3 is 2.33 bits per heavy atom. The summed E-state index contributed by atoms with van der Waals surface area (Å²) in [4.78, 5) is 29.7. The molecule has 0 bridgehead atoms. The normalized spacial score (nSPS) is 11.5. The lowest BCUT2D eigenvalue weighted by molar-refractivity contribution is -0.117. The number of methoxy groups -OCH3 is 1. The van der Waals surface area contributed by atoms with Crippen molar-refractivity contribution in [1.29, 1.82) is 0 Å². The summed E-state index contributed by atoms with van der Waals surface area (Å²) in [7, 11) is 1.60. The molecule has 0 atom stereocenters. The third-order valence-electron chi connectivity index (χ3n) is 6.31. The molecule has 3 N–H and O–H groups in total. The van der Waals surface area contributed by atoms with Crippen LogP contribution < -0.4 is 20.1 Å². The number of aromatic nitrogens is 1. The number of aromatic amines is 1. The van der Waals surface area contributed by atoms with Crippen LogP contribution in [0.1, 0.15) is 41.0 Å². The van der Waals surface area contributed by atoms with Crippen molar-refractivity contribution in [2.24, 2.45) is 5.92 Å². The smallest absolute Gasteiger partial charge is 0.267 e. The van der Waals surface area contributed by atoms with Crippen LogP contribution in [0.3, 0.4) is 0 Å². The van der Waals surface area contributed by atoms with Crippen LogP contribution in [-0.2, 0) is 11.2 Å². The van der Waals surface area contributed by atoms with Gasteiger partial charge in [-0.3, -0.25) is 9.59 Å². The molecule has 0 aliphatic heterocycles. The molecule has 0 aliphatic rings. The lowest BCUT2D eigenvalue weighted by Crippen LogP contribution is -2.35. The van der Waals surface area contributed by atoms with E-state index in [4.69, 9.17) is 9.47 Å². The first-order chi connectivity index (χ1) is 18.8. The topological polar surface area (TPSA) is 92.4 Å². The Morgan fingerprint density at radius 2 is 1.64 bits per heavy atom. The maximum atomic E-state index is 13.3. The Hall–Kier alpha value is -4.52. The van der Waals surface area contributed by atoms with Crippen molar-refractivity contribution < 1.29 is 19.1 Å². The van der Waals surface area contributed by atoms with E-state index in [2.05, 4.69) is 35.5 Å². The summed E-state index contributed by atoms with van der Waals surface area (Å²) in [5, 5.41) is 6.91. The van der Waals surface area contributed by atoms with Gasteiger partial charge >= 0.3 is 0 Å². The van der Waals surface area contributed by atoms with Crippen LogP contribution in [0.2, 0.25) is 0 Å². The molecule has 0 unspecified atom stereocenters. The number of nitrogens with one attached hydrogen (secondary N) is 3. The van der Waals surface area contributed by atoms with Gasteiger partial charge in [-0.2, -0.15) is 0 Å². The highest BCUT2D eigenvalue weighted by Crippen LogP contribution is 2.22. The molecule has 7 heteroatoms. The summed E-state index contributed by atoms with van der Waals surface area (Å²) < 4.78 is 10.9. The number of benzene rings is 3. The van der Waals surface area contributed by atoms with Gasteiger partial charge in [-0.05, 0) is 78.9 Å². The van der Waals surface area contributed by atoms with Crippen LogP contribution in [0.5, 0.6) is 11.5 Å². The Balaban J connectivity index is 1.48. The van der Waals surface area contributed by atoms with Crippen molar-refractivity contribution in [2.75, 3.05) is 20.3 Å². The summed E-state index contributed by atoms with van der Waals surface area (Å²) in [6.07, 6.45) is 2.31. The molecule has 4 aromatic rings. The highest BCUT2D eigenvalue weighted by molar-refractivity contribution is 6.05. The SMILES string of the molecule is COc1ccc(C=C(NC(=O)c2ccc(OCC(C)C)cc2)C(=O)NCCc2c(C)[nH]c3ccccc23)cc1. The average Bonchev–Trinajstić information content (AvgIpc) is 3.26. The molecule has 1 aromatic heterocycles. The monoisotopic (exact) mass is 525 g/mol. The van der Waals surface area contributed by atoms with E-state index < -0.39 is 0 Å². The number of H-pyrrole nitrogens is 1. The summed E-state index contributed by atoms with van der Waals surface area (Å²) in [5.41, 5.74) is 4.65. The van der Waals surface area contributed by atoms with Gasteiger partial charge in [0.25, 0.3) is 11.8 Å². The first-order valence-corrected chi connectivity index (χ1v) is 13.1. The number of fused-ring (bicyclic) bond motifs is 1. The summed E-state index contributed by atoms with van der Waals surface area (Å²) in [6, 6.07) is 22.3. The second kappa shape index (κ2) is 12.8. The summed E-state index contributed by atoms with van der Waals surface area (Å²) in [5.74, 6) is 1.05. The molecule has 202 valence electrons. The molecular formula is C32H35N3O4. The molecule has 39 heavy (non-hydrogen) atoms. The Morgan fingerprint density at radius 1 is 0.949 bits per heavy atom. The van der Waals surface area contributed by atoms with E-state index in [1.165, 1.54) is 0 Å². The molecule has 0 saturated heterocycles. The third-order valence-corrected chi connectivity index (χ3v) is 6.31. The molecule has 7 nitrogen and oxygen atoms in total. The fourth-order valence-electron chi connectivity index (χ4n) is 4.24. The largest absolute Gasteiger partial charge is 0.497 e. The van der Waals surface area contributed by atoms with E-state index in [0.717, 1.165) is 27.7 Å². The molecular weight excluding hydrogens is 490 g/mol. The van der Waals surface area contributed by atoms with Crippen LogP contribution in [0.25, 0.3) is 17.0 Å². The third kappa shape index (κ3) is 7.29. The second-order valence-corrected chi connectivity index (χ2v) is 9.79. The molecule has 0 fully saturated rings. The van der Waals surface area contributed by atoms with Crippen molar-refractivity contribution in [3.63, 3.8) is 0 Å². The fraction of sp³-hybridized carbons (Fsp3) is 0.250. The predicted octanol–water partition coefficient (Wildman–Crippen LogP) is 5.65. The van der Waals surface area contributed by atoms with E-state index in [-0.39, 0.29) is 17.5 Å². The molecule has 2 amide bonds. The van der Waals surface area contributed by atoms with Gasteiger partial charge in [0, 0.05) is 28.7 Å². The molecule has 0 saturated carbocycles. The molecule has 1 heterocycles. The van der Waals surface area contributed by atoms with Crippen molar-refractivity contribution in [3.8, 4) is 11.5 Å². The van der Waals surface area contributed by atoms with Crippen molar-refractivity contribution in [3.05, 3.63) is 101 Å². The van der Waals surface area contributed by atoms with Gasteiger partial charge in [-0.25, -0.2) is 0 Å². The number of amides is 2. The van der Waals surface area contributed by atoms with E-state index in [0.29, 0.717) is 42.6 Å². The zero-order valence-corrected chi connectivity index (χ0v) is 22.8. The lowest BCUT2D eigenvalue weighted by atomic mass is 10.1. The summed E-state index contributed by atoms with van der Waals surface area (Å²) in [6.45, 7) is 7.19. The highest BCUT2D eigenvalue weighted by Gasteiger charge is 2.16. The first-order valence-electron chi connectivity index (χ1n) is 13.1. The number of carbonyl (C=O) groups excluding carboxylic acids is 2. The summed E-state index contributed by atoms with van der Waals surface area (Å²) >= 11 is 0. The van der Waals surface area contributed by atoms with Gasteiger partial charge in [0.2, 0.25) is 0 Å². The van der Waals surface area contributed by atoms with Crippen LogP contribution in [0, 0.1) is 12.8 Å². The number of para-hydroxylation sites is 1. The number of hydrogen-bond donors (Lipinski definition) is 3. The van der Waals surface area contributed by atoms with Gasteiger partial charge in [-0.15, -0.1) is 0 Å². The standard InChI is InChI=1S/C32H35N3O4/c1-21(2)20-39-26-15-11-24(12-16-26)31(36)35-30(19-23-9-13-25(38-4)14-10-23)32(37)33-18-17-27-22(3)34-29-8-6-5-7-28(27)29/h5-16,19,21,34H,17-18,20H2,1-4H3,(H,33,37)(H,35,36). The van der Waals surface area contributed by atoms with Crippen molar-refractivity contribution in [1.82, 2.24) is 15.6 Å². The van der Waals surface area contributed by atoms with Gasteiger partial charge in [-0.1, -0.05) is 44.2 Å². The highest BCUT2D eigenvalue weighted by atomic mass is 16.5. The minimum atomic E-state index is -0.382. The first kappa shape index (κ1) is 27.5. The zero-order chi connectivity index (χ0) is 27.8. The molecule has 4 rings (SSSR count). The van der Waals surface area contributed by atoms with Crippen LogP contribution in [-0.4, -0.2) is 37.1 Å². The van der Waals surface area contributed by atoms with Gasteiger partial charge in [0.1, 0.15) is 17.2 Å². The van der Waals surface area contributed by atoms with Crippen LogP contribution >= 0.6 is 0 Å². The van der Waals surface area contributed by atoms with E-state index in [1.54, 1.807) is 49.6 Å². The van der Waals surface area contributed by atoms with Crippen molar-refractivity contribution in [2.45, 2.75) is 27.2 Å². The van der Waals surface area contributed by atoms with Crippen LogP contribution in [0.15, 0.2) is 78.5 Å². The number of ether oxygens (including phenoxy) is 2. The molecule has 0 spiro atoms.